The molecule has 0 radical (unpaired) electrons. The number of H-pyrrole nitrogens is 1. The number of rotatable bonds is 4. The zero-order chi connectivity index (χ0) is 11.4. The first kappa shape index (κ1) is 11.2. The Morgan fingerprint density at radius 1 is 1.44 bits per heavy atom. The molecule has 2 N–H and O–H groups in total. The van der Waals surface area contributed by atoms with Crippen LogP contribution in [-0.4, -0.2) is 15.9 Å². The van der Waals surface area contributed by atoms with Crippen molar-refractivity contribution in [3.8, 4) is 0 Å². The van der Waals surface area contributed by atoms with Crippen molar-refractivity contribution >= 4 is 5.91 Å². The van der Waals surface area contributed by atoms with E-state index in [1.165, 1.54) is 24.2 Å². The van der Waals surface area contributed by atoms with E-state index in [1.807, 2.05) is 6.92 Å². The third kappa shape index (κ3) is 2.62. The molecule has 2 rings (SSSR count). The Kier molecular flexibility index (Phi) is 3.59. The smallest absolute Gasteiger partial charge is 0.220 e. The second kappa shape index (κ2) is 5.14. The molecule has 0 saturated carbocycles. The zero-order valence-corrected chi connectivity index (χ0v) is 9.81. The third-order valence-corrected chi connectivity index (χ3v) is 2.93. The van der Waals surface area contributed by atoms with E-state index in [4.69, 9.17) is 0 Å². The second-order valence-electron chi connectivity index (χ2n) is 4.34. The molecule has 0 bridgehead atoms. The molecule has 0 aliphatic heterocycles. The lowest BCUT2D eigenvalue weighted by molar-refractivity contribution is -0.121. The van der Waals surface area contributed by atoms with E-state index in [2.05, 4.69) is 15.3 Å². The minimum atomic E-state index is 0.108. The van der Waals surface area contributed by atoms with Crippen LogP contribution in [0.5, 0.6) is 0 Å². The largest absolute Gasteiger partial charge is 0.349 e. The monoisotopic (exact) mass is 221 g/mol. The first-order chi connectivity index (χ1) is 7.79. The average Bonchev–Trinajstić information content (AvgIpc) is 2.69. The molecule has 4 nitrogen and oxygen atoms in total. The van der Waals surface area contributed by atoms with Crippen molar-refractivity contribution in [2.75, 3.05) is 0 Å². The molecule has 0 atom stereocenters. The van der Waals surface area contributed by atoms with Gasteiger partial charge in [-0.2, -0.15) is 0 Å². The second-order valence-corrected chi connectivity index (χ2v) is 4.34. The predicted octanol–water partition coefficient (Wildman–Crippen LogP) is 1.70. The molecule has 4 heteroatoms. The van der Waals surface area contributed by atoms with Crippen LogP contribution in [0.3, 0.4) is 0 Å². The number of aromatic amines is 1. The Bertz CT molecular complexity index is 347. The van der Waals surface area contributed by atoms with Crippen molar-refractivity contribution in [3.05, 3.63) is 17.2 Å². The van der Waals surface area contributed by atoms with Gasteiger partial charge in [-0.3, -0.25) is 4.79 Å². The number of aromatic nitrogens is 2. The van der Waals surface area contributed by atoms with E-state index >= 15 is 0 Å². The van der Waals surface area contributed by atoms with Crippen molar-refractivity contribution in [3.63, 3.8) is 0 Å². The van der Waals surface area contributed by atoms with Gasteiger partial charge in [0.1, 0.15) is 5.82 Å². The molecular weight excluding hydrogens is 202 g/mol. The maximum Gasteiger partial charge on any atom is 0.220 e. The summed E-state index contributed by atoms with van der Waals surface area (Å²) in [7, 11) is 0. The summed E-state index contributed by atoms with van der Waals surface area (Å²) in [5.41, 5.74) is 2.47. The normalized spacial score (nSPS) is 14.6. The Balaban J connectivity index is 1.90. The quantitative estimate of drug-likeness (QED) is 0.813. The molecule has 1 aliphatic rings. The number of hydrogen-bond donors (Lipinski definition) is 2. The van der Waals surface area contributed by atoms with Gasteiger partial charge in [0, 0.05) is 12.1 Å². The van der Waals surface area contributed by atoms with E-state index in [1.54, 1.807) is 0 Å². The molecule has 16 heavy (non-hydrogen) atoms. The highest BCUT2D eigenvalue weighted by molar-refractivity contribution is 5.75. The average molecular weight is 221 g/mol. The topological polar surface area (TPSA) is 57.8 Å². The van der Waals surface area contributed by atoms with Gasteiger partial charge in [-0.25, -0.2) is 4.98 Å². The number of amides is 1. The van der Waals surface area contributed by atoms with Crippen LogP contribution in [-0.2, 0) is 24.2 Å². The van der Waals surface area contributed by atoms with Gasteiger partial charge in [-0.15, -0.1) is 0 Å². The van der Waals surface area contributed by atoms with Crippen LogP contribution in [0.25, 0.3) is 0 Å². The minimum absolute atomic E-state index is 0.108. The van der Waals surface area contributed by atoms with E-state index < -0.39 is 0 Å². The molecule has 1 aromatic rings. The van der Waals surface area contributed by atoms with E-state index in [0.29, 0.717) is 13.0 Å². The third-order valence-electron chi connectivity index (χ3n) is 2.93. The Hall–Kier alpha value is -1.32. The lowest BCUT2D eigenvalue weighted by atomic mass is 10.0. The number of carbonyl (C=O) groups excluding carboxylic acids is 1. The summed E-state index contributed by atoms with van der Waals surface area (Å²) in [6.45, 7) is 2.54. The highest BCUT2D eigenvalue weighted by Gasteiger charge is 2.14. The SMILES string of the molecule is CCCC(=O)NCc1nc2c([nH]1)CCCC2. The molecule has 0 unspecified atom stereocenters. The van der Waals surface area contributed by atoms with Gasteiger partial charge in [-0.05, 0) is 32.1 Å². The lowest BCUT2D eigenvalue weighted by Crippen LogP contribution is -2.22. The highest BCUT2D eigenvalue weighted by atomic mass is 16.1. The maximum atomic E-state index is 11.3. The summed E-state index contributed by atoms with van der Waals surface area (Å²) in [5.74, 6) is 1.01. The summed E-state index contributed by atoms with van der Waals surface area (Å²) in [6.07, 6.45) is 6.15. The molecule has 88 valence electrons. The standard InChI is InChI=1S/C12H19N3O/c1-2-5-12(16)13-8-11-14-9-6-3-4-7-10(9)15-11/h2-8H2,1H3,(H,13,16)(H,14,15). The van der Waals surface area contributed by atoms with Crippen LogP contribution in [0.1, 0.15) is 49.8 Å². The molecule has 0 fully saturated rings. The van der Waals surface area contributed by atoms with E-state index in [0.717, 1.165) is 25.1 Å². The Labute approximate surface area is 95.9 Å². The van der Waals surface area contributed by atoms with Crippen molar-refractivity contribution in [2.45, 2.75) is 52.0 Å². The van der Waals surface area contributed by atoms with E-state index in [9.17, 15) is 4.79 Å². The molecule has 0 saturated heterocycles. The molecule has 1 amide bonds. The van der Waals surface area contributed by atoms with Gasteiger partial charge in [0.15, 0.2) is 0 Å². The van der Waals surface area contributed by atoms with Crippen LogP contribution in [0.15, 0.2) is 0 Å². The predicted molar refractivity (Wildman–Crippen MR) is 62.0 cm³/mol. The molecule has 0 aromatic carbocycles. The van der Waals surface area contributed by atoms with Gasteiger partial charge < -0.3 is 10.3 Å². The highest BCUT2D eigenvalue weighted by Crippen LogP contribution is 2.18. The summed E-state index contributed by atoms with van der Waals surface area (Å²) >= 11 is 0. The Morgan fingerprint density at radius 3 is 3.00 bits per heavy atom. The molecule has 1 heterocycles. The van der Waals surface area contributed by atoms with Crippen molar-refractivity contribution in [1.82, 2.24) is 15.3 Å². The first-order valence-electron chi connectivity index (χ1n) is 6.13. The fraction of sp³-hybridized carbons (Fsp3) is 0.667. The number of aryl methyl sites for hydroxylation is 2. The van der Waals surface area contributed by atoms with Gasteiger partial charge in [0.05, 0.1) is 12.2 Å². The fourth-order valence-electron chi connectivity index (χ4n) is 2.09. The van der Waals surface area contributed by atoms with Crippen LogP contribution >= 0.6 is 0 Å². The first-order valence-corrected chi connectivity index (χ1v) is 6.13. The van der Waals surface area contributed by atoms with Gasteiger partial charge in [0.2, 0.25) is 5.91 Å². The number of nitrogens with zero attached hydrogens (tertiary/aromatic N) is 1. The van der Waals surface area contributed by atoms with Crippen LogP contribution in [0, 0.1) is 0 Å². The van der Waals surface area contributed by atoms with Crippen LogP contribution in [0.2, 0.25) is 0 Å². The zero-order valence-electron chi connectivity index (χ0n) is 9.81. The molecule has 0 spiro atoms. The lowest BCUT2D eigenvalue weighted by Gasteiger charge is -2.07. The summed E-state index contributed by atoms with van der Waals surface area (Å²) in [5, 5.41) is 2.88. The number of fused-ring (bicyclic) bond motifs is 1. The number of imidazole rings is 1. The summed E-state index contributed by atoms with van der Waals surface area (Å²) < 4.78 is 0. The van der Waals surface area contributed by atoms with Crippen molar-refractivity contribution in [1.29, 1.82) is 0 Å². The Morgan fingerprint density at radius 2 is 2.25 bits per heavy atom. The van der Waals surface area contributed by atoms with Gasteiger partial charge >= 0.3 is 0 Å². The van der Waals surface area contributed by atoms with Crippen LogP contribution < -0.4 is 5.32 Å². The fourth-order valence-corrected chi connectivity index (χ4v) is 2.09. The van der Waals surface area contributed by atoms with Gasteiger partial charge in [0.25, 0.3) is 0 Å². The van der Waals surface area contributed by atoms with E-state index in [-0.39, 0.29) is 5.91 Å². The number of nitrogens with one attached hydrogen (secondary N) is 2. The van der Waals surface area contributed by atoms with Gasteiger partial charge in [-0.1, -0.05) is 6.92 Å². The van der Waals surface area contributed by atoms with Crippen molar-refractivity contribution in [2.24, 2.45) is 0 Å². The summed E-state index contributed by atoms with van der Waals surface area (Å²) in [4.78, 5) is 19.1. The number of carbonyl (C=O) groups is 1. The molecular formula is C12H19N3O. The summed E-state index contributed by atoms with van der Waals surface area (Å²) in [6, 6.07) is 0. The molecule has 1 aliphatic carbocycles. The molecule has 1 aromatic heterocycles. The maximum absolute atomic E-state index is 11.3. The number of hydrogen-bond acceptors (Lipinski definition) is 2. The minimum Gasteiger partial charge on any atom is -0.349 e. The van der Waals surface area contributed by atoms with Crippen molar-refractivity contribution < 1.29 is 4.79 Å². The van der Waals surface area contributed by atoms with Crippen LogP contribution in [0.4, 0.5) is 0 Å².